The van der Waals surface area contributed by atoms with Gasteiger partial charge in [0, 0.05) is 11.1 Å². The second-order valence-corrected chi connectivity index (χ2v) is 6.27. The minimum absolute atomic E-state index is 0.434. The Labute approximate surface area is 109 Å². The zero-order chi connectivity index (χ0) is 12.5. The van der Waals surface area contributed by atoms with Crippen LogP contribution < -0.4 is 11.1 Å². The SMILES string of the molecule is CC1(C)CCCC(Nc2cc(Cl)ccc2N)C1. The summed E-state index contributed by atoms with van der Waals surface area (Å²) >= 11 is 5.99. The zero-order valence-corrected chi connectivity index (χ0v) is 11.3. The molecule has 0 spiro atoms. The molecule has 1 fully saturated rings. The van der Waals surface area contributed by atoms with Crippen molar-refractivity contribution in [3.63, 3.8) is 0 Å². The van der Waals surface area contributed by atoms with E-state index in [4.69, 9.17) is 17.3 Å². The predicted molar refractivity (Wildman–Crippen MR) is 75.5 cm³/mol. The summed E-state index contributed by atoms with van der Waals surface area (Å²) in [7, 11) is 0. The average Bonchev–Trinajstić information content (AvgIpc) is 2.22. The summed E-state index contributed by atoms with van der Waals surface area (Å²) < 4.78 is 0. The third kappa shape index (κ3) is 3.29. The second-order valence-electron chi connectivity index (χ2n) is 5.83. The van der Waals surface area contributed by atoms with E-state index >= 15 is 0 Å². The van der Waals surface area contributed by atoms with Gasteiger partial charge in [0.2, 0.25) is 0 Å². The lowest BCUT2D eigenvalue weighted by atomic mass is 9.75. The van der Waals surface area contributed by atoms with Gasteiger partial charge >= 0.3 is 0 Å². The van der Waals surface area contributed by atoms with E-state index in [1.165, 1.54) is 25.7 Å². The lowest BCUT2D eigenvalue weighted by molar-refractivity contribution is 0.229. The highest BCUT2D eigenvalue weighted by Gasteiger charge is 2.27. The number of halogens is 1. The van der Waals surface area contributed by atoms with Gasteiger partial charge < -0.3 is 11.1 Å². The summed E-state index contributed by atoms with van der Waals surface area (Å²) in [6.45, 7) is 4.67. The van der Waals surface area contributed by atoms with Crippen LogP contribution in [0.15, 0.2) is 18.2 Å². The minimum atomic E-state index is 0.434. The molecule has 1 atom stereocenters. The van der Waals surface area contributed by atoms with Gasteiger partial charge in [-0.15, -0.1) is 0 Å². The third-order valence-corrected chi connectivity index (χ3v) is 3.82. The Morgan fingerprint density at radius 3 is 2.88 bits per heavy atom. The Hall–Kier alpha value is -0.890. The smallest absolute Gasteiger partial charge is 0.0591 e. The maximum Gasteiger partial charge on any atom is 0.0591 e. The molecule has 1 aromatic carbocycles. The van der Waals surface area contributed by atoms with Gasteiger partial charge in [-0.1, -0.05) is 31.9 Å². The quantitative estimate of drug-likeness (QED) is 0.770. The van der Waals surface area contributed by atoms with Gasteiger partial charge in [-0.3, -0.25) is 0 Å². The summed E-state index contributed by atoms with van der Waals surface area (Å²) in [5, 5.41) is 4.27. The Balaban J connectivity index is 2.07. The van der Waals surface area contributed by atoms with Crippen molar-refractivity contribution >= 4 is 23.0 Å². The molecule has 3 N–H and O–H groups in total. The summed E-state index contributed by atoms with van der Waals surface area (Å²) in [5.41, 5.74) is 8.13. The molecule has 3 heteroatoms. The van der Waals surface area contributed by atoms with Crippen molar-refractivity contribution in [3.05, 3.63) is 23.2 Å². The first-order valence-corrected chi connectivity index (χ1v) is 6.66. The van der Waals surface area contributed by atoms with Gasteiger partial charge in [-0.05, 0) is 42.9 Å². The van der Waals surface area contributed by atoms with Gasteiger partial charge in [-0.2, -0.15) is 0 Å². The summed E-state index contributed by atoms with van der Waals surface area (Å²) in [4.78, 5) is 0. The van der Waals surface area contributed by atoms with E-state index < -0.39 is 0 Å². The third-order valence-electron chi connectivity index (χ3n) is 3.58. The maximum atomic E-state index is 5.99. The van der Waals surface area contributed by atoms with Crippen LogP contribution in [0, 0.1) is 5.41 Å². The fraction of sp³-hybridized carbons (Fsp3) is 0.571. The maximum absolute atomic E-state index is 5.99. The number of anilines is 2. The van der Waals surface area contributed by atoms with Crippen molar-refractivity contribution in [2.75, 3.05) is 11.1 Å². The van der Waals surface area contributed by atoms with E-state index in [9.17, 15) is 0 Å². The van der Waals surface area contributed by atoms with Crippen molar-refractivity contribution in [3.8, 4) is 0 Å². The number of hydrogen-bond acceptors (Lipinski definition) is 2. The Kier molecular flexibility index (Phi) is 3.53. The summed E-state index contributed by atoms with van der Waals surface area (Å²) in [6.07, 6.45) is 5.01. The molecule has 0 heterocycles. The van der Waals surface area contributed by atoms with E-state index in [2.05, 4.69) is 19.2 Å². The van der Waals surface area contributed by atoms with Crippen molar-refractivity contribution in [2.24, 2.45) is 5.41 Å². The van der Waals surface area contributed by atoms with Gasteiger partial charge in [0.05, 0.1) is 11.4 Å². The van der Waals surface area contributed by atoms with Crippen LogP contribution in [0.2, 0.25) is 5.02 Å². The molecule has 17 heavy (non-hydrogen) atoms. The van der Waals surface area contributed by atoms with Crippen LogP contribution in [0.3, 0.4) is 0 Å². The highest BCUT2D eigenvalue weighted by molar-refractivity contribution is 6.31. The first-order valence-electron chi connectivity index (χ1n) is 6.28. The van der Waals surface area contributed by atoms with Crippen LogP contribution in [0.4, 0.5) is 11.4 Å². The number of nitrogens with one attached hydrogen (secondary N) is 1. The van der Waals surface area contributed by atoms with E-state index in [0.717, 1.165) is 16.4 Å². The average molecular weight is 253 g/mol. The van der Waals surface area contributed by atoms with Crippen molar-refractivity contribution in [2.45, 2.75) is 45.6 Å². The van der Waals surface area contributed by atoms with E-state index in [1.54, 1.807) is 0 Å². The zero-order valence-electron chi connectivity index (χ0n) is 10.6. The molecule has 0 aromatic heterocycles. The highest BCUT2D eigenvalue weighted by Crippen LogP contribution is 2.37. The van der Waals surface area contributed by atoms with Crippen LogP contribution in [-0.2, 0) is 0 Å². The molecular formula is C14H21ClN2. The van der Waals surface area contributed by atoms with Crippen molar-refractivity contribution < 1.29 is 0 Å². The van der Waals surface area contributed by atoms with Gasteiger partial charge in [-0.25, -0.2) is 0 Å². The van der Waals surface area contributed by atoms with Crippen LogP contribution in [0.1, 0.15) is 39.5 Å². The molecule has 0 amide bonds. The summed E-state index contributed by atoms with van der Waals surface area (Å²) in [6, 6.07) is 6.11. The number of hydrogen-bond donors (Lipinski definition) is 2. The molecule has 0 bridgehead atoms. The molecule has 1 saturated carbocycles. The Bertz CT molecular complexity index is 401. The number of benzene rings is 1. The van der Waals surface area contributed by atoms with Gasteiger partial charge in [0.1, 0.15) is 0 Å². The van der Waals surface area contributed by atoms with E-state index in [-0.39, 0.29) is 0 Å². The van der Waals surface area contributed by atoms with Crippen LogP contribution in [-0.4, -0.2) is 6.04 Å². The second kappa shape index (κ2) is 4.77. The first kappa shape index (κ1) is 12.6. The molecule has 94 valence electrons. The Morgan fingerprint density at radius 1 is 1.41 bits per heavy atom. The highest BCUT2D eigenvalue weighted by atomic mass is 35.5. The molecule has 2 rings (SSSR count). The lowest BCUT2D eigenvalue weighted by Crippen LogP contribution is -2.31. The molecule has 1 aliphatic carbocycles. The first-order chi connectivity index (χ1) is 7.96. The largest absolute Gasteiger partial charge is 0.397 e. The van der Waals surface area contributed by atoms with E-state index in [0.29, 0.717) is 11.5 Å². The molecule has 2 nitrogen and oxygen atoms in total. The van der Waals surface area contributed by atoms with Crippen LogP contribution >= 0.6 is 11.6 Å². The van der Waals surface area contributed by atoms with Gasteiger partial charge in [0.15, 0.2) is 0 Å². The molecule has 1 aliphatic rings. The van der Waals surface area contributed by atoms with Crippen molar-refractivity contribution in [1.29, 1.82) is 0 Å². The monoisotopic (exact) mass is 252 g/mol. The molecule has 0 aliphatic heterocycles. The molecular weight excluding hydrogens is 232 g/mol. The van der Waals surface area contributed by atoms with E-state index in [1.807, 2.05) is 18.2 Å². The molecule has 1 aromatic rings. The molecule has 1 unspecified atom stereocenters. The minimum Gasteiger partial charge on any atom is -0.397 e. The van der Waals surface area contributed by atoms with Crippen LogP contribution in [0.5, 0.6) is 0 Å². The van der Waals surface area contributed by atoms with Crippen molar-refractivity contribution in [1.82, 2.24) is 0 Å². The van der Waals surface area contributed by atoms with Crippen LogP contribution in [0.25, 0.3) is 0 Å². The molecule has 0 radical (unpaired) electrons. The number of nitrogen functional groups attached to an aromatic ring is 1. The topological polar surface area (TPSA) is 38.0 Å². The summed E-state index contributed by atoms with van der Waals surface area (Å²) in [5.74, 6) is 0. The fourth-order valence-corrected chi connectivity index (χ4v) is 2.87. The predicted octanol–water partition coefficient (Wildman–Crippen LogP) is 4.30. The molecule has 0 saturated heterocycles. The number of nitrogens with two attached hydrogens (primary N) is 1. The normalized spacial score (nSPS) is 23.4. The lowest BCUT2D eigenvalue weighted by Gasteiger charge is -2.36. The number of rotatable bonds is 2. The standard InChI is InChI=1S/C14H21ClN2/c1-14(2)7-3-4-11(9-14)17-13-8-10(15)5-6-12(13)16/h5-6,8,11,17H,3-4,7,9,16H2,1-2H3. The Morgan fingerprint density at radius 2 is 2.18 bits per heavy atom. The van der Waals surface area contributed by atoms with Gasteiger partial charge in [0.25, 0.3) is 0 Å². The fourth-order valence-electron chi connectivity index (χ4n) is 2.69.